The number of methoxy groups -OCH3 is 1. The van der Waals surface area contributed by atoms with Gasteiger partial charge in [0.05, 0.1) is 17.0 Å². The Morgan fingerprint density at radius 3 is 2.52 bits per heavy atom. The van der Waals surface area contributed by atoms with Crippen molar-refractivity contribution < 1.29 is 22.6 Å². The number of fused-ring (bicyclic) bond motifs is 1. The number of nitrogens with one attached hydrogen (secondary N) is 1. The summed E-state index contributed by atoms with van der Waals surface area (Å²) in [5.74, 6) is 1.69. The number of hydrogen-bond donors (Lipinski definition) is 1. The van der Waals surface area contributed by atoms with Gasteiger partial charge in [-0.1, -0.05) is 17.7 Å². The molecule has 0 saturated carbocycles. The van der Waals surface area contributed by atoms with Gasteiger partial charge in [-0.15, -0.1) is 0 Å². The third kappa shape index (κ3) is 3.84. The van der Waals surface area contributed by atoms with Crippen LogP contribution in [0.15, 0.2) is 41.3 Å². The predicted molar refractivity (Wildman–Crippen MR) is 94.2 cm³/mol. The monoisotopic (exact) mass is 383 g/mol. The Balaban J connectivity index is 1.81. The van der Waals surface area contributed by atoms with Crippen LogP contribution in [0.3, 0.4) is 0 Å². The van der Waals surface area contributed by atoms with Crippen molar-refractivity contribution in [2.75, 3.05) is 20.3 Å². The molecule has 0 saturated heterocycles. The topological polar surface area (TPSA) is 73.9 Å². The van der Waals surface area contributed by atoms with Crippen LogP contribution in [0.4, 0.5) is 0 Å². The van der Waals surface area contributed by atoms with Gasteiger partial charge in [0.15, 0.2) is 11.5 Å². The molecule has 2 aromatic carbocycles. The molecule has 1 N–H and O–H groups in total. The third-order valence-electron chi connectivity index (χ3n) is 3.83. The summed E-state index contributed by atoms with van der Waals surface area (Å²) in [5.41, 5.74) is 0.771. The van der Waals surface area contributed by atoms with Crippen LogP contribution in [-0.4, -0.2) is 28.7 Å². The molecule has 6 nitrogen and oxygen atoms in total. The van der Waals surface area contributed by atoms with Crippen molar-refractivity contribution >= 4 is 21.6 Å². The quantitative estimate of drug-likeness (QED) is 0.858. The normalized spacial score (nSPS) is 14.8. The standard InChI is InChI=1S/C17H18ClNO5S/c1-11(12-3-5-16-17(9-12)24-8-7-23-16)19-25(20,21)13-4-6-15(22-2)14(18)10-13/h3-6,9-11,19H,7-8H2,1-2H3. The number of sulfonamides is 1. The number of hydrogen-bond acceptors (Lipinski definition) is 5. The van der Waals surface area contributed by atoms with E-state index >= 15 is 0 Å². The lowest BCUT2D eigenvalue weighted by molar-refractivity contribution is 0.171. The van der Waals surface area contributed by atoms with Gasteiger partial charge in [0, 0.05) is 6.04 Å². The highest BCUT2D eigenvalue weighted by atomic mass is 35.5. The van der Waals surface area contributed by atoms with E-state index in [0.717, 1.165) is 5.56 Å². The summed E-state index contributed by atoms with van der Waals surface area (Å²) in [4.78, 5) is 0.0719. The second kappa shape index (κ2) is 7.11. The summed E-state index contributed by atoms with van der Waals surface area (Å²) in [6.45, 7) is 2.74. The first-order valence-electron chi connectivity index (χ1n) is 7.66. The summed E-state index contributed by atoms with van der Waals surface area (Å²) >= 11 is 6.02. The van der Waals surface area contributed by atoms with E-state index in [0.29, 0.717) is 30.5 Å². The Labute approximate surface area is 151 Å². The van der Waals surface area contributed by atoms with Crippen molar-refractivity contribution in [2.45, 2.75) is 17.9 Å². The van der Waals surface area contributed by atoms with Gasteiger partial charge in [0.25, 0.3) is 0 Å². The van der Waals surface area contributed by atoms with Crippen molar-refractivity contribution in [3.63, 3.8) is 0 Å². The van der Waals surface area contributed by atoms with Gasteiger partial charge in [0.2, 0.25) is 10.0 Å². The fourth-order valence-corrected chi connectivity index (χ4v) is 4.09. The fourth-order valence-electron chi connectivity index (χ4n) is 2.51. The number of benzene rings is 2. The van der Waals surface area contributed by atoms with Crippen LogP contribution in [-0.2, 0) is 10.0 Å². The van der Waals surface area contributed by atoms with Crippen LogP contribution in [0.2, 0.25) is 5.02 Å². The summed E-state index contributed by atoms with van der Waals surface area (Å²) in [6.07, 6.45) is 0. The van der Waals surface area contributed by atoms with E-state index in [1.54, 1.807) is 19.1 Å². The molecule has 1 unspecified atom stereocenters. The molecule has 0 aromatic heterocycles. The minimum absolute atomic E-state index is 0.0719. The molecule has 1 heterocycles. The second-order valence-corrected chi connectivity index (χ2v) is 7.66. The number of ether oxygens (including phenoxy) is 3. The van der Waals surface area contributed by atoms with E-state index in [1.165, 1.54) is 25.3 Å². The first-order valence-corrected chi connectivity index (χ1v) is 9.52. The van der Waals surface area contributed by atoms with Crippen molar-refractivity contribution in [2.24, 2.45) is 0 Å². The van der Waals surface area contributed by atoms with Crippen molar-refractivity contribution in [3.8, 4) is 17.2 Å². The highest BCUT2D eigenvalue weighted by Gasteiger charge is 2.21. The molecule has 1 aliphatic heterocycles. The highest BCUT2D eigenvalue weighted by molar-refractivity contribution is 7.89. The molecule has 1 atom stereocenters. The van der Waals surface area contributed by atoms with E-state index in [2.05, 4.69) is 4.72 Å². The molecule has 134 valence electrons. The van der Waals surface area contributed by atoms with Gasteiger partial charge in [-0.05, 0) is 42.8 Å². The summed E-state index contributed by atoms with van der Waals surface area (Å²) < 4.78 is 43.9. The second-order valence-electron chi connectivity index (χ2n) is 5.54. The SMILES string of the molecule is COc1ccc(S(=O)(=O)NC(C)c2ccc3c(c2)OCCO3)cc1Cl. The van der Waals surface area contributed by atoms with Crippen LogP contribution in [0, 0.1) is 0 Å². The molecule has 0 amide bonds. The van der Waals surface area contributed by atoms with Crippen molar-refractivity contribution in [1.82, 2.24) is 4.72 Å². The zero-order chi connectivity index (χ0) is 18.0. The van der Waals surface area contributed by atoms with Gasteiger partial charge < -0.3 is 14.2 Å². The first kappa shape index (κ1) is 17.8. The first-order chi connectivity index (χ1) is 11.9. The summed E-state index contributed by atoms with van der Waals surface area (Å²) in [7, 11) is -2.27. The minimum Gasteiger partial charge on any atom is -0.495 e. The van der Waals surface area contributed by atoms with Crippen LogP contribution in [0.25, 0.3) is 0 Å². The van der Waals surface area contributed by atoms with Gasteiger partial charge in [-0.2, -0.15) is 0 Å². The molecule has 1 aliphatic rings. The van der Waals surface area contributed by atoms with E-state index in [-0.39, 0.29) is 9.92 Å². The average Bonchev–Trinajstić information content (AvgIpc) is 2.60. The third-order valence-corrected chi connectivity index (χ3v) is 5.67. The lowest BCUT2D eigenvalue weighted by Crippen LogP contribution is -2.27. The zero-order valence-electron chi connectivity index (χ0n) is 13.8. The molecule has 0 spiro atoms. The van der Waals surface area contributed by atoms with Crippen LogP contribution in [0.5, 0.6) is 17.2 Å². The van der Waals surface area contributed by atoms with Crippen LogP contribution in [0.1, 0.15) is 18.5 Å². The van der Waals surface area contributed by atoms with E-state index < -0.39 is 16.1 Å². The van der Waals surface area contributed by atoms with Gasteiger partial charge in [-0.3, -0.25) is 0 Å². The number of halogens is 1. The highest BCUT2D eigenvalue weighted by Crippen LogP contribution is 2.33. The zero-order valence-corrected chi connectivity index (χ0v) is 15.4. The van der Waals surface area contributed by atoms with Gasteiger partial charge >= 0.3 is 0 Å². The van der Waals surface area contributed by atoms with Crippen molar-refractivity contribution in [3.05, 3.63) is 47.0 Å². The average molecular weight is 384 g/mol. The van der Waals surface area contributed by atoms with Crippen LogP contribution >= 0.6 is 11.6 Å². The van der Waals surface area contributed by atoms with E-state index in [9.17, 15) is 8.42 Å². The predicted octanol–water partition coefficient (Wildman–Crippen LogP) is 3.16. The van der Waals surface area contributed by atoms with Gasteiger partial charge in [0.1, 0.15) is 19.0 Å². The minimum atomic E-state index is -3.74. The Kier molecular flexibility index (Phi) is 5.08. The number of rotatable bonds is 5. The molecule has 8 heteroatoms. The molecule has 0 bridgehead atoms. The Morgan fingerprint density at radius 2 is 1.84 bits per heavy atom. The van der Waals surface area contributed by atoms with Gasteiger partial charge in [-0.25, -0.2) is 13.1 Å². The Hall–Kier alpha value is -1.96. The molecule has 0 radical (unpaired) electrons. The molecule has 2 aromatic rings. The molecular formula is C17H18ClNO5S. The smallest absolute Gasteiger partial charge is 0.241 e. The lowest BCUT2D eigenvalue weighted by Gasteiger charge is -2.21. The Morgan fingerprint density at radius 1 is 1.12 bits per heavy atom. The molecular weight excluding hydrogens is 366 g/mol. The lowest BCUT2D eigenvalue weighted by atomic mass is 10.1. The fraction of sp³-hybridized carbons (Fsp3) is 0.294. The maximum atomic E-state index is 12.6. The Bertz CT molecular complexity index is 885. The summed E-state index contributed by atoms with van der Waals surface area (Å²) in [5, 5.41) is 0.234. The molecule has 25 heavy (non-hydrogen) atoms. The maximum Gasteiger partial charge on any atom is 0.241 e. The van der Waals surface area contributed by atoms with Crippen LogP contribution < -0.4 is 18.9 Å². The summed E-state index contributed by atoms with van der Waals surface area (Å²) in [6, 6.07) is 9.24. The largest absolute Gasteiger partial charge is 0.495 e. The van der Waals surface area contributed by atoms with Crippen molar-refractivity contribution in [1.29, 1.82) is 0 Å². The molecule has 3 rings (SSSR count). The van der Waals surface area contributed by atoms with E-state index in [4.69, 9.17) is 25.8 Å². The molecule has 0 fully saturated rings. The van der Waals surface area contributed by atoms with E-state index in [1.807, 2.05) is 6.07 Å². The maximum absolute atomic E-state index is 12.6. The molecule has 0 aliphatic carbocycles.